The molecule has 0 unspecified atom stereocenters. The van der Waals surface area contributed by atoms with Crippen molar-refractivity contribution in [3.8, 4) is 5.75 Å². The zero-order valence-corrected chi connectivity index (χ0v) is 20.3. The van der Waals surface area contributed by atoms with Gasteiger partial charge < -0.3 is 19.7 Å². The van der Waals surface area contributed by atoms with Crippen molar-refractivity contribution in [1.29, 1.82) is 5.41 Å². The van der Waals surface area contributed by atoms with Crippen LogP contribution in [0.25, 0.3) is 0 Å². The van der Waals surface area contributed by atoms with E-state index in [1.54, 1.807) is 23.1 Å². The smallest absolute Gasteiger partial charge is 0.258 e. The lowest BCUT2D eigenvalue weighted by molar-refractivity contribution is 0.0680. The summed E-state index contributed by atoms with van der Waals surface area (Å²) < 4.78 is 25.4. The van der Waals surface area contributed by atoms with Crippen LogP contribution in [0.4, 0.5) is 10.1 Å². The lowest BCUT2D eigenvalue weighted by atomic mass is 10.0. The van der Waals surface area contributed by atoms with Gasteiger partial charge in [-0.05, 0) is 42.5 Å². The third kappa shape index (κ3) is 5.87. The van der Waals surface area contributed by atoms with Gasteiger partial charge in [-0.15, -0.1) is 0 Å². The number of Topliss-reactive ketones (excluding diaryl/α,β-unsaturated/α-hetero) is 1. The molecule has 1 aliphatic rings. The summed E-state index contributed by atoms with van der Waals surface area (Å²) in [7, 11) is 1.47. The molecule has 2 aromatic carbocycles. The van der Waals surface area contributed by atoms with Crippen LogP contribution < -0.4 is 10.1 Å². The number of amides is 1. The van der Waals surface area contributed by atoms with Crippen LogP contribution in [0.5, 0.6) is 5.75 Å². The Kier molecular flexibility index (Phi) is 7.92. The minimum absolute atomic E-state index is 0.0279. The summed E-state index contributed by atoms with van der Waals surface area (Å²) in [4.78, 5) is 31.9. The van der Waals surface area contributed by atoms with Gasteiger partial charge in [0.05, 0.1) is 43.0 Å². The van der Waals surface area contributed by atoms with Crippen molar-refractivity contribution >= 4 is 34.8 Å². The summed E-state index contributed by atoms with van der Waals surface area (Å²) in [6.07, 6.45) is 1.42. The molecule has 36 heavy (non-hydrogen) atoms. The molecule has 8 nitrogen and oxygen atoms in total. The van der Waals surface area contributed by atoms with Gasteiger partial charge in [0.1, 0.15) is 17.4 Å². The van der Waals surface area contributed by atoms with Crippen molar-refractivity contribution in [2.45, 2.75) is 6.42 Å². The van der Waals surface area contributed by atoms with E-state index in [0.29, 0.717) is 48.3 Å². The standard InChI is InChI=1S/C26H24ClFN4O4/c1-35-19-5-7-23(21(14-19)24(33)13-18-4-3-17(27)15-30-18)31-26(34)20-6-2-16(12-22(20)28)25(29)32-8-10-36-11-9-32/h2-7,12,14-15,29H,8-11,13H2,1H3,(H,31,34). The molecule has 0 radical (unpaired) electrons. The summed E-state index contributed by atoms with van der Waals surface area (Å²) in [6.45, 7) is 2.09. The van der Waals surface area contributed by atoms with Crippen molar-refractivity contribution in [3.63, 3.8) is 0 Å². The second kappa shape index (κ2) is 11.3. The van der Waals surface area contributed by atoms with E-state index in [2.05, 4.69) is 10.3 Å². The molecule has 2 N–H and O–H groups in total. The van der Waals surface area contributed by atoms with Crippen LogP contribution >= 0.6 is 11.6 Å². The zero-order valence-electron chi connectivity index (χ0n) is 19.5. The average molecular weight is 511 g/mol. The summed E-state index contributed by atoms with van der Waals surface area (Å²) >= 11 is 5.86. The number of hydrogen-bond donors (Lipinski definition) is 2. The molecule has 4 rings (SSSR count). The number of benzene rings is 2. The Morgan fingerprint density at radius 1 is 1.14 bits per heavy atom. The predicted octanol–water partition coefficient (Wildman–Crippen LogP) is 4.22. The lowest BCUT2D eigenvalue weighted by Gasteiger charge is -2.29. The summed E-state index contributed by atoms with van der Waals surface area (Å²) in [6, 6.07) is 11.9. The average Bonchev–Trinajstić information content (AvgIpc) is 2.90. The van der Waals surface area contributed by atoms with E-state index in [1.165, 1.54) is 43.6 Å². The van der Waals surface area contributed by atoms with E-state index in [4.69, 9.17) is 26.5 Å². The Morgan fingerprint density at radius 3 is 2.58 bits per heavy atom. The van der Waals surface area contributed by atoms with Crippen molar-refractivity contribution in [1.82, 2.24) is 9.88 Å². The summed E-state index contributed by atoms with van der Waals surface area (Å²) in [5, 5.41) is 11.4. The number of pyridine rings is 1. The van der Waals surface area contributed by atoms with Crippen LogP contribution in [0.2, 0.25) is 5.02 Å². The maximum Gasteiger partial charge on any atom is 0.258 e. The molecule has 0 bridgehead atoms. The minimum Gasteiger partial charge on any atom is -0.497 e. The Balaban J connectivity index is 1.54. The largest absolute Gasteiger partial charge is 0.497 e. The van der Waals surface area contributed by atoms with Gasteiger partial charge in [-0.1, -0.05) is 17.7 Å². The molecule has 1 amide bonds. The first-order valence-electron chi connectivity index (χ1n) is 11.2. The molecule has 0 atom stereocenters. The fourth-order valence-corrected chi connectivity index (χ4v) is 3.88. The second-order valence-corrected chi connectivity index (χ2v) is 8.51. The predicted molar refractivity (Wildman–Crippen MR) is 134 cm³/mol. The van der Waals surface area contributed by atoms with Crippen LogP contribution in [0.3, 0.4) is 0 Å². The van der Waals surface area contributed by atoms with Gasteiger partial charge in [-0.3, -0.25) is 20.0 Å². The monoisotopic (exact) mass is 510 g/mol. The molecule has 0 spiro atoms. The van der Waals surface area contributed by atoms with Crippen molar-refractivity contribution in [2.24, 2.45) is 0 Å². The number of hydrogen-bond acceptors (Lipinski definition) is 6. The first kappa shape index (κ1) is 25.3. The Morgan fingerprint density at radius 2 is 1.92 bits per heavy atom. The highest BCUT2D eigenvalue weighted by Crippen LogP contribution is 2.25. The van der Waals surface area contributed by atoms with E-state index in [1.807, 2.05) is 0 Å². The van der Waals surface area contributed by atoms with Crippen LogP contribution in [0.15, 0.2) is 54.7 Å². The molecule has 1 aliphatic heterocycles. The topological polar surface area (TPSA) is 105 Å². The van der Waals surface area contributed by atoms with Gasteiger partial charge >= 0.3 is 0 Å². The number of carbonyl (C=O) groups excluding carboxylic acids is 2. The Bertz CT molecular complexity index is 1290. The van der Waals surface area contributed by atoms with Gasteiger partial charge in [0, 0.05) is 36.1 Å². The third-order valence-corrected chi connectivity index (χ3v) is 5.94. The molecule has 3 aromatic rings. The maximum absolute atomic E-state index is 14.9. The number of amidine groups is 1. The van der Waals surface area contributed by atoms with Gasteiger partial charge in [0.2, 0.25) is 0 Å². The fraction of sp³-hybridized carbons (Fsp3) is 0.231. The van der Waals surface area contributed by atoms with Crippen LogP contribution in [-0.4, -0.2) is 60.8 Å². The molecule has 10 heteroatoms. The molecule has 1 aromatic heterocycles. The SMILES string of the molecule is COc1ccc(NC(=O)c2ccc(C(=N)N3CCOCC3)cc2F)c(C(=O)Cc2ccc(Cl)cn2)c1. The second-order valence-electron chi connectivity index (χ2n) is 8.08. The van der Waals surface area contributed by atoms with E-state index in [-0.39, 0.29) is 34.9 Å². The number of anilines is 1. The fourth-order valence-electron chi connectivity index (χ4n) is 3.77. The molecule has 1 saturated heterocycles. The lowest BCUT2D eigenvalue weighted by Crippen LogP contribution is -2.40. The zero-order chi connectivity index (χ0) is 25.7. The molecular formula is C26H24ClFN4O4. The number of aromatic nitrogens is 1. The first-order valence-corrected chi connectivity index (χ1v) is 11.6. The normalized spacial score (nSPS) is 13.2. The van der Waals surface area contributed by atoms with E-state index >= 15 is 0 Å². The van der Waals surface area contributed by atoms with Crippen molar-refractivity contribution in [3.05, 3.63) is 88.0 Å². The van der Waals surface area contributed by atoms with Gasteiger partial charge in [-0.25, -0.2) is 4.39 Å². The maximum atomic E-state index is 14.9. The highest BCUT2D eigenvalue weighted by atomic mass is 35.5. The van der Waals surface area contributed by atoms with Gasteiger partial charge in [0.15, 0.2) is 5.78 Å². The molecule has 2 heterocycles. The quantitative estimate of drug-likeness (QED) is 0.280. The van der Waals surface area contributed by atoms with E-state index in [0.717, 1.165) is 0 Å². The molecule has 1 fully saturated rings. The van der Waals surface area contributed by atoms with Gasteiger partial charge in [0.25, 0.3) is 5.91 Å². The molecular weight excluding hydrogens is 487 g/mol. The number of nitrogens with zero attached hydrogens (tertiary/aromatic N) is 2. The number of nitrogens with one attached hydrogen (secondary N) is 2. The number of rotatable bonds is 7. The summed E-state index contributed by atoms with van der Waals surface area (Å²) in [5.74, 6) is -1.20. The van der Waals surface area contributed by atoms with Crippen molar-refractivity contribution in [2.75, 3.05) is 38.7 Å². The van der Waals surface area contributed by atoms with E-state index in [9.17, 15) is 14.0 Å². The first-order chi connectivity index (χ1) is 17.4. The van der Waals surface area contributed by atoms with Crippen LogP contribution in [0, 0.1) is 11.2 Å². The van der Waals surface area contributed by atoms with Gasteiger partial charge in [-0.2, -0.15) is 0 Å². The number of methoxy groups -OCH3 is 1. The number of morpholine rings is 1. The Hall–Kier alpha value is -3.82. The molecule has 186 valence electrons. The highest BCUT2D eigenvalue weighted by molar-refractivity contribution is 6.30. The molecule has 0 saturated carbocycles. The number of ketones is 1. The van der Waals surface area contributed by atoms with E-state index < -0.39 is 11.7 Å². The number of carbonyl (C=O) groups is 2. The minimum atomic E-state index is -0.769. The van der Waals surface area contributed by atoms with Crippen molar-refractivity contribution < 1.29 is 23.5 Å². The Labute approximate surface area is 212 Å². The summed E-state index contributed by atoms with van der Waals surface area (Å²) in [5.41, 5.74) is 1.08. The number of ether oxygens (including phenoxy) is 2. The molecule has 0 aliphatic carbocycles. The van der Waals surface area contributed by atoms with Crippen LogP contribution in [-0.2, 0) is 11.2 Å². The number of halogens is 2. The van der Waals surface area contributed by atoms with Crippen LogP contribution in [0.1, 0.15) is 32.0 Å². The highest BCUT2D eigenvalue weighted by Gasteiger charge is 2.21. The third-order valence-electron chi connectivity index (χ3n) is 5.72.